The van der Waals surface area contributed by atoms with Gasteiger partial charge in [-0.3, -0.25) is 5.10 Å². The van der Waals surface area contributed by atoms with Crippen LogP contribution in [0.15, 0.2) is 30.6 Å². The molecule has 3 rings (SSSR count). The van der Waals surface area contributed by atoms with Gasteiger partial charge >= 0.3 is 0 Å². The molecule has 0 bridgehead atoms. The summed E-state index contributed by atoms with van der Waals surface area (Å²) in [6.45, 7) is 4.26. The Hall–Kier alpha value is -1.68. The van der Waals surface area contributed by atoms with Crippen LogP contribution in [-0.4, -0.2) is 21.2 Å². The summed E-state index contributed by atoms with van der Waals surface area (Å²) in [5.41, 5.74) is 2.80. The summed E-state index contributed by atoms with van der Waals surface area (Å²) >= 11 is 0. The Bertz CT molecular complexity index is 512. The normalized spacial score (nSPS) is 23.9. The molecule has 2 N–H and O–H groups in total. The van der Waals surface area contributed by atoms with Gasteiger partial charge in [-0.15, -0.1) is 0 Å². The predicted molar refractivity (Wildman–Crippen MR) is 74.9 cm³/mol. The van der Waals surface area contributed by atoms with Crippen molar-refractivity contribution in [1.82, 2.24) is 20.5 Å². The van der Waals surface area contributed by atoms with Gasteiger partial charge < -0.3 is 5.32 Å². The third-order valence-corrected chi connectivity index (χ3v) is 4.02. The number of H-pyrrole nitrogens is 1. The first-order valence-electron chi connectivity index (χ1n) is 6.90. The van der Waals surface area contributed by atoms with Crippen LogP contribution < -0.4 is 5.32 Å². The van der Waals surface area contributed by atoms with Crippen molar-refractivity contribution >= 4 is 0 Å². The summed E-state index contributed by atoms with van der Waals surface area (Å²) in [5, 5.41) is 10.4. The van der Waals surface area contributed by atoms with Crippen LogP contribution in [0.25, 0.3) is 0 Å². The third kappa shape index (κ3) is 2.68. The van der Waals surface area contributed by atoms with Gasteiger partial charge in [0.2, 0.25) is 0 Å². The highest BCUT2D eigenvalue weighted by atomic mass is 15.2. The molecule has 0 aliphatic heterocycles. The zero-order valence-corrected chi connectivity index (χ0v) is 11.4. The lowest BCUT2D eigenvalue weighted by Crippen LogP contribution is -2.41. The molecule has 19 heavy (non-hydrogen) atoms. The van der Waals surface area contributed by atoms with Crippen molar-refractivity contribution in [3.63, 3.8) is 0 Å². The molecule has 1 aromatic heterocycles. The topological polar surface area (TPSA) is 53.6 Å². The molecule has 1 aliphatic carbocycles. The minimum atomic E-state index is 0.242. The van der Waals surface area contributed by atoms with Crippen molar-refractivity contribution < 1.29 is 0 Å². The minimum Gasteiger partial charge on any atom is -0.305 e. The lowest BCUT2D eigenvalue weighted by Gasteiger charge is -2.37. The SMILES string of the molecule is Cc1ccc(C2CC(NC(C)c3ncn[nH]3)C2)cc1. The maximum absolute atomic E-state index is 4.19. The van der Waals surface area contributed by atoms with Crippen molar-refractivity contribution in [2.75, 3.05) is 0 Å². The predicted octanol–water partition coefficient (Wildman–Crippen LogP) is 2.71. The molecular formula is C15H20N4. The van der Waals surface area contributed by atoms with Crippen molar-refractivity contribution in [3.05, 3.63) is 47.5 Å². The van der Waals surface area contributed by atoms with E-state index in [0.717, 1.165) is 5.82 Å². The number of hydrogen-bond donors (Lipinski definition) is 2. The molecule has 0 amide bonds. The first-order chi connectivity index (χ1) is 9.22. The Morgan fingerprint density at radius 1 is 1.26 bits per heavy atom. The molecule has 4 heteroatoms. The van der Waals surface area contributed by atoms with Crippen LogP contribution in [-0.2, 0) is 0 Å². The van der Waals surface area contributed by atoms with Gasteiger partial charge in [0.1, 0.15) is 12.2 Å². The standard InChI is InChI=1S/C15H20N4/c1-10-3-5-12(6-4-10)13-7-14(8-13)18-11(2)15-16-9-17-19-15/h3-6,9,11,13-14,18H,7-8H2,1-2H3,(H,16,17,19). The van der Waals surface area contributed by atoms with Gasteiger partial charge in [-0.05, 0) is 38.2 Å². The van der Waals surface area contributed by atoms with Gasteiger partial charge in [0.05, 0.1) is 6.04 Å². The molecular weight excluding hydrogens is 236 g/mol. The second-order valence-electron chi connectivity index (χ2n) is 5.54. The first-order valence-corrected chi connectivity index (χ1v) is 6.90. The molecule has 100 valence electrons. The summed E-state index contributed by atoms with van der Waals surface area (Å²) < 4.78 is 0. The van der Waals surface area contributed by atoms with E-state index in [4.69, 9.17) is 0 Å². The summed E-state index contributed by atoms with van der Waals surface area (Å²) in [5.74, 6) is 1.62. The molecule has 1 aliphatic rings. The number of hydrogen-bond acceptors (Lipinski definition) is 3. The Kier molecular flexibility index (Phi) is 3.34. The fourth-order valence-electron chi connectivity index (χ4n) is 2.72. The number of nitrogens with one attached hydrogen (secondary N) is 2. The van der Waals surface area contributed by atoms with Crippen LogP contribution in [0.3, 0.4) is 0 Å². The molecule has 1 saturated carbocycles. The van der Waals surface area contributed by atoms with E-state index in [2.05, 4.69) is 58.6 Å². The second-order valence-corrected chi connectivity index (χ2v) is 5.54. The van der Waals surface area contributed by atoms with E-state index in [0.29, 0.717) is 12.0 Å². The summed E-state index contributed by atoms with van der Waals surface area (Å²) in [6, 6.07) is 9.75. The second kappa shape index (κ2) is 5.13. The van der Waals surface area contributed by atoms with Gasteiger partial charge in [0, 0.05) is 6.04 Å². The Morgan fingerprint density at radius 3 is 2.63 bits per heavy atom. The fourth-order valence-corrected chi connectivity index (χ4v) is 2.72. The quantitative estimate of drug-likeness (QED) is 0.884. The maximum Gasteiger partial charge on any atom is 0.141 e. The summed E-state index contributed by atoms with van der Waals surface area (Å²) in [6.07, 6.45) is 3.98. The molecule has 4 nitrogen and oxygen atoms in total. The van der Waals surface area contributed by atoms with Gasteiger partial charge in [0.15, 0.2) is 0 Å². The number of rotatable bonds is 4. The van der Waals surface area contributed by atoms with Crippen LogP contribution >= 0.6 is 0 Å². The van der Waals surface area contributed by atoms with Crippen LogP contribution in [0.1, 0.15) is 48.7 Å². The van der Waals surface area contributed by atoms with Gasteiger partial charge in [-0.25, -0.2) is 4.98 Å². The third-order valence-electron chi connectivity index (χ3n) is 4.02. The molecule has 0 spiro atoms. The van der Waals surface area contributed by atoms with E-state index in [1.54, 1.807) is 6.33 Å². The van der Waals surface area contributed by atoms with Crippen molar-refractivity contribution in [2.45, 2.75) is 44.7 Å². The van der Waals surface area contributed by atoms with E-state index in [9.17, 15) is 0 Å². The van der Waals surface area contributed by atoms with E-state index in [1.165, 1.54) is 24.0 Å². The molecule has 1 atom stereocenters. The Balaban J connectivity index is 1.51. The van der Waals surface area contributed by atoms with Crippen molar-refractivity contribution in [2.24, 2.45) is 0 Å². The molecule has 0 radical (unpaired) electrons. The fraction of sp³-hybridized carbons (Fsp3) is 0.467. The maximum atomic E-state index is 4.19. The Morgan fingerprint density at radius 2 is 2.00 bits per heavy atom. The van der Waals surface area contributed by atoms with Gasteiger partial charge in [0.25, 0.3) is 0 Å². The van der Waals surface area contributed by atoms with E-state index in [1.807, 2.05) is 0 Å². The molecule has 1 heterocycles. The monoisotopic (exact) mass is 256 g/mol. The first kappa shape index (κ1) is 12.4. The van der Waals surface area contributed by atoms with E-state index in [-0.39, 0.29) is 6.04 Å². The molecule has 1 unspecified atom stereocenters. The highest BCUT2D eigenvalue weighted by molar-refractivity contribution is 5.26. The number of benzene rings is 1. The smallest absolute Gasteiger partial charge is 0.141 e. The van der Waals surface area contributed by atoms with Gasteiger partial charge in [-0.1, -0.05) is 29.8 Å². The molecule has 0 saturated heterocycles. The zero-order valence-electron chi connectivity index (χ0n) is 11.4. The number of aromatic amines is 1. The lowest BCUT2D eigenvalue weighted by molar-refractivity contribution is 0.268. The van der Waals surface area contributed by atoms with Crippen molar-refractivity contribution in [1.29, 1.82) is 0 Å². The van der Waals surface area contributed by atoms with Crippen LogP contribution in [0.5, 0.6) is 0 Å². The van der Waals surface area contributed by atoms with Crippen molar-refractivity contribution in [3.8, 4) is 0 Å². The zero-order chi connectivity index (χ0) is 13.2. The highest BCUT2D eigenvalue weighted by Crippen LogP contribution is 2.37. The van der Waals surface area contributed by atoms with E-state index >= 15 is 0 Å². The summed E-state index contributed by atoms with van der Waals surface area (Å²) in [7, 11) is 0. The minimum absolute atomic E-state index is 0.242. The van der Waals surface area contributed by atoms with Gasteiger partial charge in [-0.2, -0.15) is 5.10 Å². The largest absolute Gasteiger partial charge is 0.305 e. The number of aromatic nitrogens is 3. The van der Waals surface area contributed by atoms with Crippen LogP contribution in [0, 0.1) is 6.92 Å². The number of aryl methyl sites for hydroxylation is 1. The number of nitrogens with zero attached hydrogens (tertiary/aromatic N) is 2. The van der Waals surface area contributed by atoms with Crippen LogP contribution in [0.2, 0.25) is 0 Å². The molecule has 2 aromatic rings. The average Bonchev–Trinajstić information content (AvgIpc) is 2.88. The van der Waals surface area contributed by atoms with Crippen LogP contribution in [0.4, 0.5) is 0 Å². The summed E-state index contributed by atoms with van der Waals surface area (Å²) in [4.78, 5) is 4.19. The Labute approximate surface area is 113 Å². The highest BCUT2D eigenvalue weighted by Gasteiger charge is 2.31. The molecule has 1 aromatic carbocycles. The average molecular weight is 256 g/mol. The molecule has 1 fully saturated rings. The lowest BCUT2D eigenvalue weighted by atomic mass is 9.75. The van der Waals surface area contributed by atoms with E-state index < -0.39 is 0 Å².